The Kier molecular flexibility index (Phi) is 3.47. The number of halogens is 1. The number of carboxylic acid groups (broad SMARTS) is 1. The molecule has 3 aromatic rings. The Balaban J connectivity index is 1.92. The number of hydrogen-bond acceptors (Lipinski definition) is 5. The number of ether oxygens (including phenoxy) is 1. The molecule has 5 rings (SSSR count). The summed E-state index contributed by atoms with van der Waals surface area (Å²) >= 11 is 0. The van der Waals surface area contributed by atoms with Gasteiger partial charge in [0.25, 0.3) is 0 Å². The molecular weight excluding hydrogens is 365 g/mol. The lowest BCUT2D eigenvalue weighted by atomic mass is 10.1. The fraction of sp³-hybridized carbons (Fsp3) is 0.200. The van der Waals surface area contributed by atoms with Crippen LogP contribution in [0, 0.1) is 5.82 Å². The van der Waals surface area contributed by atoms with Gasteiger partial charge >= 0.3 is 5.97 Å². The van der Waals surface area contributed by atoms with E-state index in [9.17, 15) is 14.7 Å². The van der Waals surface area contributed by atoms with Crippen LogP contribution in [0.2, 0.25) is 0 Å². The number of rotatable bonds is 2. The van der Waals surface area contributed by atoms with Gasteiger partial charge in [-0.1, -0.05) is 12.1 Å². The van der Waals surface area contributed by atoms with Gasteiger partial charge in [-0.15, -0.1) is 0 Å². The zero-order valence-electron chi connectivity index (χ0n) is 14.7. The molecule has 7 nitrogen and oxygen atoms in total. The van der Waals surface area contributed by atoms with Gasteiger partial charge in [0.05, 0.1) is 11.1 Å². The van der Waals surface area contributed by atoms with Gasteiger partial charge in [-0.2, -0.15) is 0 Å². The third-order valence-electron chi connectivity index (χ3n) is 5.28. The molecular formula is C20H16FN3O4. The van der Waals surface area contributed by atoms with Crippen molar-refractivity contribution in [2.75, 3.05) is 18.0 Å². The van der Waals surface area contributed by atoms with E-state index in [0.29, 0.717) is 30.0 Å². The number of benzene rings is 2. The minimum Gasteiger partial charge on any atom is -0.477 e. The fourth-order valence-corrected chi connectivity index (χ4v) is 3.99. The number of pyridine rings is 1. The van der Waals surface area contributed by atoms with Crippen molar-refractivity contribution in [1.82, 2.24) is 4.57 Å². The molecule has 2 aliphatic rings. The molecule has 8 heteroatoms. The molecule has 28 heavy (non-hydrogen) atoms. The van der Waals surface area contributed by atoms with Crippen LogP contribution in [0.4, 0.5) is 10.1 Å². The van der Waals surface area contributed by atoms with Gasteiger partial charge < -0.3 is 25.0 Å². The van der Waals surface area contributed by atoms with Crippen molar-refractivity contribution in [3.05, 3.63) is 58.1 Å². The second-order valence-electron chi connectivity index (χ2n) is 7.04. The number of anilines is 1. The molecule has 2 aliphatic heterocycles. The van der Waals surface area contributed by atoms with Crippen molar-refractivity contribution >= 4 is 22.6 Å². The van der Waals surface area contributed by atoms with Crippen LogP contribution >= 0.6 is 0 Å². The zero-order valence-corrected chi connectivity index (χ0v) is 14.7. The highest BCUT2D eigenvalue weighted by Crippen LogP contribution is 2.46. The molecule has 0 saturated carbocycles. The van der Waals surface area contributed by atoms with Crippen molar-refractivity contribution in [3.63, 3.8) is 0 Å². The van der Waals surface area contributed by atoms with E-state index in [-0.39, 0.29) is 22.9 Å². The highest BCUT2D eigenvalue weighted by molar-refractivity contribution is 5.99. The first-order valence-electron chi connectivity index (χ1n) is 8.88. The van der Waals surface area contributed by atoms with Crippen LogP contribution in [0.15, 0.2) is 41.3 Å². The number of fused-ring (bicyclic) bond motifs is 2. The quantitative estimate of drug-likeness (QED) is 0.554. The van der Waals surface area contributed by atoms with E-state index in [0.717, 1.165) is 12.5 Å². The second kappa shape index (κ2) is 5.80. The van der Waals surface area contributed by atoms with E-state index in [4.69, 9.17) is 10.5 Å². The molecule has 1 fully saturated rings. The predicted molar refractivity (Wildman–Crippen MR) is 101 cm³/mol. The third-order valence-corrected chi connectivity index (χ3v) is 5.28. The predicted octanol–water partition coefficient (Wildman–Crippen LogP) is 2.47. The summed E-state index contributed by atoms with van der Waals surface area (Å²) in [6, 6.07) is 8.04. The van der Waals surface area contributed by atoms with Gasteiger partial charge in [-0.25, -0.2) is 9.18 Å². The smallest absolute Gasteiger partial charge is 0.341 e. The Bertz CT molecular complexity index is 1220. The van der Waals surface area contributed by atoms with Crippen LogP contribution in [-0.4, -0.2) is 34.8 Å². The van der Waals surface area contributed by atoms with Crippen LogP contribution in [-0.2, 0) is 0 Å². The highest BCUT2D eigenvalue weighted by Gasteiger charge is 2.32. The minimum absolute atomic E-state index is 0.0332. The molecule has 1 atom stereocenters. The first-order chi connectivity index (χ1) is 13.5. The maximum atomic E-state index is 15.1. The van der Waals surface area contributed by atoms with Crippen molar-refractivity contribution < 1.29 is 19.0 Å². The van der Waals surface area contributed by atoms with Crippen LogP contribution < -0.4 is 20.8 Å². The average molecular weight is 381 g/mol. The topological polar surface area (TPSA) is 97.8 Å². The Labute approximate surface area is 158 Å². The van der Waals surface area contributed by atoms with Crippen LogP contribution in [0.1, 0.15) is 16.8 Å². The summed E-state index contributed by atoms with van der Waals surface area (Å²) < 4.78 is 22.8. The van der Waals surface area contributed by atoms with E-state index < -0.39 is 22.8 Å². The Morgan fingerprint density at radius 2 is 2.11 bits per heavy atom. The van der Waals surface area contributed by atoms with E-state index in [2.05, 4.69) is 0 Å². The number of nitrogens with two attached hydrogens (primary N) is 1. The molecule has 3 N–H and O–H groups in total. The van der Waals surface area contributed by atoms with Crippen molar-refractivity contribution in [1.29, 1.82) is 0 Å². The summed E-state index contributed by atoms with van der Waals surface area (Å²) in [5.74, 6) is -1.35. The number of nitrogens with zero attached hydrogens (tertiary/aromatic N) is 2. The van der Waals surface area contributed by atoms with Gasteiger partial charge in [0, 0.05) is 25.3 Å². The lowest BCUT2D eigenvalue weighted by Gasteiger charge is -2.29. The van der Waals surface area contributed by atoms with Gasteiger partial charge in [-0.05, 0) is 24.6 Å². The normalized spacial score (nSPS) is 17.5. The number of carboxylic acids is 1. The van der Waals surface area contributed by atoms with E-state index in [1.165, 1.54) is 6.20 Å². The molecule has 0 bridgehead atoms. The van der Waals surface area contributed by atoms with Gasteiger partial charge in [-0.3, -0.25) is 4.79 Å². The molecule has 0 amide bonds. The van der Waals surface area contributed by atoms with E-state index >= 15 is 4.39 Å². The van der Waals surface area contributed by atoms with Crippen molar-refractivity contribution in [3.8, 4) is 17.2 Å². The van der Waals surface area contributed by atoms with Crippen molar-refractivity contribution in [2.45, 2.75) is 12.5 Å². The summed E-state index contributed by atoms with van der Waals surface area (Å²) in [4.78, 5) is 26.1. The van der Waals surface area contributed by atoms with Crippen LogP contribution in [0.5, 0.6) is 11.5 Å². The molecule has 0 unspecified atom stereocenters. The molecule has 2 aromatic carbocycles. The zero-order chi connectivity index (χ0) is 19.6. The Morgan fingerprint density at radius 1 is 1.32 bits per heavy atom. The summed E-state index contributed by atoms with van der Waals surface area (Å²) in [6.45, 7) is 1.04. The van der Waals surface area contributed by atoms with E-state index in [1.807, 2.05) is 4.90 Å². The maximum Gasteiger partial charge on any atom is 0.341 e. The summed E-state index contributed by atoms with van der Waals surface area (Å²) in [5, 5.41) is 9.41. The van der Waals surface area contributed by atoms with Crippen LogP contribution in [0.25, 0.3) is 16.6 Å². The van der Waals surface area contributed by atoms with Gasteiger partial charge in [0.2, 0.25) is 5.43 Å². The lowest BCUT2D eigenvalue weighted by Crippen LogP contribution is -2.28. The third kappa shape index (κ3) is 2.24. The standard InChI is InChI=1S/C20H16FN3O4/c21-13-7-11-16-19(17(13)23-6-5-10(22)8-23)28-15-4-2-1-3-14(15)24(16)9-12(18(11)25)20(26)27/h1-4,7,9-10H,5-6,8,22H2,(H,26,27)/t10-/m0/s1. The molecule has 1 saturated heterocycles. The number of aromatic nitrogens is 1. The summed E-state index contributed by atoms with van der Waals surface area (Å²) in [6.07, 6.45) is 1.99. The number of para-hydroxylation sites is 2. The number of hydrogen-bond donors (Lipinski definition) is 2. The van der Waals surface area contributed by atoms with Crippen molar-refractivity contribution in [2.24, 2.45) is 5.73 Å². The Morgan fingerprint density at radius 3 is 2.82 bits per heavy atom. The fourth-order valence-electron chi connectivity index (χ4n) is 3.99. The lowest BCUT2D eigenvalue weighted by molar-refractivity contribution is 0.0695. The Hall–Kier alpha value is -3.39. The summed E-state index contributed by atoms with van der Waals surface area (Å²) in [5.41, 5.74) is 6.00. The maximum absolute atomic E-state index is 15.1. The van der Waals surface area contributed by atoms with Gasteiger partial charge in [0.1, 0.15) is 16.8 Å². The van der Waals surface area contributed by atoms with E-state index in [1.54, 1.807) is 28.8 Å². The largest absolute Gasteiger partial charge is 0.477 e. The molecule has 0 aliphatic carbocycles. The molecule has 3 heterocycles. The average Bonchev–Trinajstić information content (AvgIpc) is 3.09. The SMILES string of the molecule is N[C@H]1CCN(c2c(F)cc3c(=O)c(C(=O)O)cn4c3c2Oc2ccccc2-4)C1. The van der Waals surface area contributed by atoms with Gasteiger partial charge in [0.15, 0.2) is 17.3 Å². The number of carbonyl (C=O) groups is 1. The highest BCUT2D eigenvalue weighted by atomic mass is 19.1. The molecule has 1 aromatic heterocycles. The first-order valence-corrected chi connectivity index (χ1v) is 8.88. The molecule has 0 radical (unpaired) electrons. The minimum atomic E-state index is -1.36. The molecule has 0 spiro atoms. The summed E-state index contributed by atoms with van der Waals surface area (Å²) in [7, 11) is 0. The molecule has 142 valence electrons. The van der Waals surface area contributed by atoms with Crippen LogP contribution in [0.3, 0.4) is 0 Å². The first kappa shape index (κ1) is 16.8. The second-order valence-corrected chi connectivity index (χ2v) is 7.04. The number of aromatic carboxylic acids is 1. The monoisotopic (exact) mass is 381 g/mol.